The minimum Gasteiger partial charge on any atom is -0.355 e. The molecule has 3 aromatic rings. The highest BCUT2D eigenvalue weighted by molar-refractivity contribution is 5.97. The third-order valence-corrected chi connectivity index (χ3v) is 5.15. The van der Waals surface area contributed by atoms with Gasteiger partial charge in [-0.1, -0.05) is 29.4 Å². The van der Waals surface area contributed by atoms with Crippen molar-refractivity contribution < 1.29 is 40.1 Å². The first-order valence-electron chi connectivity index (χ1n) is 9.24. The Morgan fingerprint density at radius 1 is 0.906 bits per heavy atom. The monoisotopic (exact) mass is 458 g/mol. The number of aromatic nitrogens is 1. The molecule has 4 rings (SSSR count). The average Bonchev–Trinajstić information content (AvgIpc) is 3.18. The van der Waals surface area contributed by atoms with Crippen molar-refractivity contribution >= 4 is 11.6 Å². The van der Waals surface area contributed by atoms with E-state index >= 15 is 0 Å². The molecule has 0 spiro atoms. The predicted octanol–water partition coefficient (Wildman–Crippen LogP) is 5.88. The van der Waals surface area contributed by atoms with Gasteiger partial charge in [0.05, 0.1) is 0 Å². The zero-order chi connectivity index (χ0) is 23.3. The number of fused-ring (bicyclic) bond motifs is 3. The van der Waals surface area contributed by atoms with Gasteiger partial charge in [0, 0.05) is 22.4 Å². The number of nitrogens with zero attached hydrogens (tertiary/aromatic N) is 1. The van der Waals surface area contributed by atoms with Crippen LogP contribution in [0.3, 0.4) is 0 Å². The van der Waals surface area contributed by atoms with Crippen LogP contribution in [0.4, 0.5) is 36.4 Å². The number of anilines is 1. The number of hydrogen-bond acceptors (Lipinski definition) is 3. The molecule has 1 aliphatic carbocycles. The van der Waals surface area contributed by atoms with Crippen molar-refractivity contribution in [3.8, 4) is 22.6 Å². The maximum absolute atomic E-state index is 13.5. The standard InChI is InChI=1S/C21H13F7N2O2/c22-19(23,20(24,25)21(26,27)28)18(31)29-13-8-5-12(6-9-13)17-15-10-7-11-3-1-2-4-14(11)16(15)30-32-17/h1-6,8-9H,7,10H2,(H,29,31). The first-order valence-corrected chi connectivity index (χ1v) is 9.24. The molecule has 0 fully saturated rings. The van der Waals surface area contributed by atoms with Crippen LogP contribution in [-0.2, 0) is 17.6 Å². The van der Waals surface area contributed by atoms with Crippen LogP contribution >= 0.6 is 0 Å². The molecule has 0 atom stereocenters. The molecule has 1 aliphatic rings. The van der Waals surface area contributed by atoms with E-state index in [2.05, 4.69) is 5.16 Å². The highest BCUT2D eigenvalue weighted by Crippen LogP contribution is 2.47. The van der Waals surface area contributed by atoms with E-state index < -0.39 is 29.6 Å². The first-order chi connectivity index (χ1) is 14.9. The minimum absolute atomic E-state index is 0.393. The lowest BCUT2D eigenvalue weighted by Gasteiger charge is -2.27. The Labute approximate surface area is 176 Å². The van der Waals surface area contributed by atoms with Crippen molar-refractivity contribution in [3.63, 3.8) is 0 Å². The van der Waals surface area contributed by atoms with Crippen molar-refractivity contribution in [2.75, 3.05) is 5.32 Å². The van der Waals surface area contributed by atoms with Gasteiger partial charge in [-0.15, -0.1) is 0 Å². The molecule has 2 aromatic carbocycles. The minimum atomic E-state index is -6.60. The Balaban J connectivity index is 1.56. The molecule has 11 heteroatoms. The van der Waals surface area contributed by atoms with Crippen LogP contribution < -0.4 is 5.32 Å². The predicted molar refractivity (Wildman–Crippen MR) is 99.4 cm³/mol. The van der Waals surface area contributed by atoms with Crippen molar-refractivity contribution in [2.45, 2.75) is 30.9 Å². The summed E-state index contributed by atoms with van der Waals surface area (Å²) in [5.41, 5.74) is 3.57. The largest absolute Gasteiger partial charge is 0.460 e. The van der Waals surface area contributed by atoms with Crippen molar-refractivity contribution in [1.82, 2.24) is 5.16 Å². The summed E-state index contributed by atoms with van der Waals surface area (Å²) in [4.78, 5) is 11.5. The number of nitrogens with one attached hydrogen (secondary N) is 1. The highest BCUT2D eigenvalue weighted by atomic mass is 19.4. The summed E-state index contributed by atoms with van der Waals surface area (Å²) in [6, 6.07) is 12.5. The normalized spacial score (nSPS) is 14.0. The Morgan fingerprint density at radius 3 is 2.22 bits per heavy atom. The van der Waals surface area contributed by atoms with Gasteiger partial charge in [-0.05, 0) is 42.7 Å². The quantitative estimate of drug-likeness (QED) is 0.497. The van der Waals surface area contributed by atoms with E-state index in [4.69, 9.17) is 4.52 Å². The zero-order valence-corrected chi connectivity index (χ0v) is 15.9. The summed E-state index contributed by atoms with van der Waals surface area (Å²) in [5.74, 6) is -14.9. The maximum Gasteiger partial charge on any atom is 0.460 e. The number of amides is 1. The lowest BCUT2D eigenvalue weighted by molar-refractivity contribution is -0.343. The van der Waals surface area contributed by atoms with E-state index in [1.165, 1.54) is 17.4 Å². The number of benzene rings is 2. The number of carbonyl (C=O) groups is 1. The summed E-state index contributed by atoms with van der Waals surface area (Å²) in [5, 5.41) is 5.49. The summed E-state index contributed by atoms with van der Waals surface area (Å²) in [7, 11) is 0. The molecule has 0 aliphatic heterocycles. The number of aryl methyl sites for hydroxylation is 1. The molecule has 0 radical (unpaired) electrons. The summed E-state index contributed by atoms with van der Waals surface area (Å²) >= 11 is 0. The third-order valence-electron chi connectivity index (χ3n) is 5.15. The number of halogens is 7. The molecule has 0 saturated heterocycles. The molecule has 1 heterocycles. The second-order valence-corrected chi connectivity index (χ2v) is 7.17. The number of alkyl halides is 7. The van der Waals surface area contributed by atoms with Crippen LogP contribution in [0.15, 0.2) is 53.1 Å². The Kier molecular flexibility index (Phi) is 5.02. The van der Waals surface area contributed by atoms with Gasteiger partial charge in [0.15, 0.2) is 5.76 Å². The fraction of sp³-hybridized carbons (Fsp3) is 0.238. The lowest BCUT2D eigenvalue weighted by atomic mass is 9.88. The third kappa shape index (κ3) is 3.41. The molecule has 1 aromatic heterocycles. The smallest absolute Gasteiger partial charge is 0.355 e. The topological polar surface area (TPSA) is 55.1 Å². The molecule has 0 saturated carbocycles. The first kappa shape index (κ1) is 21.8. The van der Waals surface area contributed by atoms with Crippen LogP contribution in [0.25, 0.3) is 22.6 Å². The molecule has 1 N–H and O–H groups in total. The molecule has 168 valence electrons. The highest BCUT2D eigenvalue weighted by Gasteiger charge is 2.76. The number of hydrogen-bond donors (Lipinski definition) is 1. The van der Waals surface area contributed by atoms with Gasteiger partial charge in [-0.2, -0.15) is 30.7 Å². The Bertz CT molecular complexity index is 1170. The van der Waals surface area contributed by atoms with Gasteiger partial charge in [0.2, 0.25) is 0 Å². The van der Waals surface area contributed by atoms with Gasteiger partial charge in [0.1, 0.15) is 5.69 Å². The van der Waals surface area contributed by atoms with Crippen LogP contribution in [0.5, 0.6) is 0 Å². The molecular weight excluding hydrogens is 445 g/mol. The molecule has 1 amide bonds. The molecule has 0 bridgehead atoms. The van der Waals surface area contributed by atoms with Crippen LogP contribution in [0.1, 0.15) is 11.1 Å². The van der Waals surface area contributed by atoms with E-state index in [1.807, 2.05) is 24.3 Å². The second-order valence-electron chi connectivity index (χ2n) is 7.17. The van der Waals surface area contributed by atoms with E-state index in [1.54, 1.807) is 0 Å². The number of rotatable bonds is 4. The summed E-state index contributed by atoms with van der Waals surface area (Å²) in [6.07, 6.45) is -5.22. The summed E-state index contributed by atoms with van der Waals surface area (Å²) < 4.78 is 95.2. The average molecular weight is 458 g/mol. The van der Waals surface area contributed by atoms with Crippen molar-refractivity contribution in [3.05, 3.63) is 59.7 Å². The van der Waals surface area contributed by atoms with E-state index in [-0.39, 0.29) is 0 Å². The number of carbonyl (C=O) groups excluding carboxylic acids is 1. The van der Waals surface area contributed by atoms with Crippen molar-refractivity contribution in [1.29, 1.82) is 0 Å². The molecule has 4 nitrogen and oxygen atoms in total. The SMILES string of the molecule is O=C(Nc1ccc(-c2onc3c2CCc2ccccc2-3)cc1)C(F)(F)C(F)(F)C(F)(F)F. The van der Waals surface area contributed by atoms with Gasteiger partial charge >= 0.3 is 23.9 Å². The summed E-state index contributed by atoms with van der Waals surface area (Å²) in [6.45, 7) is 0. The van der Waals surface area contributed by atoms with E-state index in [0.29, 0.717) is 23.4 Å². The van der Waals surface area contributed by atoms with E-state index in [0.717, 1.165) is 35.2 Å². The maximum atomic E-state index is 13.5. The van der Waals surface area contributed by atoms with Gasteiger partial charge in [0.25, 0.3) is 0 Å². The van der Waals surface area contributed by atoms with Crippen LogP contribution in [-0.4, -0.2) is 29.1 Å². The lowest BCUT2D eigenvalue weighted by Crippen LogP contribution is -2.57. The fourth-order valence-corrected chi connectivity index (χ4v) is 3.44. The zero-order valence-electron chi connectivity index (χ0n) is 15.9. The van der Waals surface area contributed by atoms with Gasteiger partial charge in [-0.25, -0.2) is 0 Å². The molecule has 0 unspecified atom stereocenters. The Hall–Kier alpha value is -3.37. The molecule has 32 heavy (non-hydrogen) atoms. The van der Waals surface area contributed by atoms with Gasteiger partial charge < -0.3 is 9.84 Å². The molecular formula is C21H13F7N2O2. The van der Waals surface area contributed by atoms with Crippen LogP contribution in [0, 0.1) is 0 Å². The van der Waals surface area contributed by atoms with E-state index in [9.17, 15) is 35.5 Å². The fourth-order valence-electron chi connectivity index (χ4n) is 3.44. The Morgan fingerprint density at radius 2 is 1.56 bits per heavy atom. The van der Waals surface area contributed by atoms with Crippen molar-refractivity contribution in [2.24, 2.45) is 0 Å². The van der Waals surface area contributed by atoms with Crippen LogP contribution in [0.2, 0.25) is 0 Å². The second kappa shape index (κ2) is 7.35. The van der Waals surface area contributed by atoms with Gasteiger partial charge in [-0.3, -0.25) is 4.79 Å².